The molecule has 1 N–H and O–H groups in total. The minimum absolute atomic E-state index is 0.146. The van der Waals surface area contributed by atoms with Crippen LogP contribution >= 0.6 is 0 Å². The molecule has 2 atom stereocenters. The SMILES string of the molecule is CC(Nc1cc(CCO[C@]2(C)N=NN=C2c2ccc(F)cc2)ccn1)c1ccccc1. The van der Waals surface area contributed by atoms with Crippen LogP contribution in [0.1, 0.15) is 36.6 Å². The quantitative estimate of drug-likeness (QED) is 0.523. The molecular weight excluding hydrogens is 393 g/mol. The van der Waals surface area contributed by atoms with E-state index in [0.717, 1.165) is 16.9 Å². The fourth-order valence-electron chi connectivity index (χ4n) is 3.45. The van der Waals surface area contributed by atoms with Gasteiger partial charge in [-0.25, -0.2) is 9.37 Å². The van der Waals surface area contributed by atoms with E-state index in [0.29, 0.717) is 18.7 Å². The molecule has 4 rings (SSSR count). The molecule has 0 aliphatic carbocycles. The van der Waals surface area contributed by atoms with Gasteiger partial charge in [0.25, 0.3) is 0 Å². The van der Waals surface area contributed by atoms with Crippen LogP contribution in [-0.2, 0) is 11.2 Å². The molecule has 0 radical (unpaired) electrons. The Morgan fingerprint density at radius 3 is 2.61 bits per heavy atom. The minimum atomic E-state index is -0.992. The summed E-state index contributed by atoms with van der Waals surface area (Å²) >= 11 is 0. The van der Waals surface area contributed by atoms with Crippen molar-refractivity contribution in [1.82, 2.24) is 4.98 Å². The van der Waals surface area contributed by atoms with Gasteiger partial charge in [0, 0.05) is 17.8 Å². The summed E-state index contributed by atoms with van der Waals surface area (Å²) in [5.74, 6) is 0.511. The Bertz CT molecular complexity index is 1080. The second kappa shape index (κ2) is 9.14. The third kappa shape index (κ3) is 5.00. The lowest BCUT2D eigenvalue weighted by molar-refractivity contribution is 0.0286. The van der Waals surface area contributed by atoms with Gasteiger partial charge in [-0.1, -0.05) is 30.3 Å². The van der Waals surface area contributed by atoms with Crippen molar-refractivity contribution >= 4 is 11.5 Å². The van der Waals surface area contributed by atoms with E-state index in [9.17, 15) is 4.39 Å². The van der Waals surface area contributed by atoms with Crippen LogP contribution in [0.15, 0.2) is 88.4 Å². The largest absolute Gasteiger partial charge is 0.364 e. The molecule has 1 aromatic heterocycles. The number of halogens is 1. The van der Waals surface area contributed by atoms with Crippen LogP contribution in [0, 0.1) is 5.82 Å². The lowest BCUT2D eigenvalue weighted by Crippen LogP contribution is -2.35. The van der Waals surface area contributed by atoms with E-state index < -0.39 is 5.72 Å². The molecule has 2 aromatic carbocycles. The number of ether oxygens (including phenoxy) is 1. The van der Waals surface area contributed by atoms with Crippen molar-refractivity contribution in [2.75, 3.05) is 11.9 Å². The molecule has 1 aliphatic heterocycles. The highest BCUT2D eigenvalue weighted by Crippen LogP contribution is 2.26. The van der Waals surface area contributed by atoms with Gasteiger partial charge in [0.05, 0.1) is 6.61 Å². The van der Waals surface area contributed by atoms with Gasteiger partial charge < -0.3 is 10.1 Å². The summed E-state index contributed by atoms with van der Waals surface area (Å²) in [4.78, 5) is 4.43. The highest BCUT2D eigenvalue weighted by atomic mass is 19.1. The average molecular weight is 417 g/mol. The lowest BCUT2D eigenvalue weighted by atomic mass is 10.0. The van der Waals surface area contributed by atoms with Gasteiger partial charge in [0.15, 0.2) is 0 Å². The molecule has 0 saturated carbocycles. The van der Waals surface area contributed by atoms with Crippen LogP contribution < -0.4 is 5.32 Å². The summed E-state index contributed by atoms with van der Waals surface area (Å²) in [7, 11) is 0. The highest BCUT2D eigenvalue weighted by molar-refractivity contribution is 6.06. The van der Waals surface area contributed by atoms with Gasteiger partial charge in [-0.3, -0.25) is 0 Å². The summed E-state index contributed by atoms with van der Waals surface area (Å²) in [5.41, 5.74) is 2.61. The van der Waals surface area contributed by atoms with Crippen LogP contribution in [0.5, 0.6) is 0 Å². The molecule has 0 saturated heterocycles. The molecular formula is C24H24FN5O. The molecule has 158 valence electrons. The van der Waals surface area contributed by atoms with Crippen molar-refractivity contribution in [3.05, 3.63) is 95.4 Å². The third-order valence-electron chi connectivity index (χ3n) is 5.20. The predicted molar refractivity (Wildman–Crippen MR) is 119 cm³/mol. The number of hydrogen-bond acceptors (Lipinski definition) is 6. The number of nitrogens with zero attached hydrogens (tertiary/aromatic N) is 4. The Hall–Kier alpha value is -3.45. The minimum Gasteiger partial charge on any atom is -0.364 e. The molecule has 2 heterocycles. The van der Waals surface area contributed by atoms with Crippen LogP contribution in [0.3, 0.4) is 0 Å². The number of benzene rings is 2. The summed E-state index contributed by atoms with van der Waals surface area (Å²) < 4.78 is 19.3. The van der Waals surface area contributed by atoms with Gasteiger partial charge in [-0.15, -0.1) is 10.2 Å². The van der Waals surface area contributed by atoms with Gasteiger partial charge in [-0.2, -0.15) is 0 Å². The van der Waals surface area contributed by atoms with Crippen molar-refractivity contribution in [1.29, 1.82) is 0 Å². The number of pyridine rings is 1. The maximum atomic E-state index is 13.2. The Morgan fingerprint density at radius 1 is 1.06 bits per heavy atom. The fourth-order valence-corrected chi connectivity index (χ4v) is 3.45. The summed E-state index contributed by atoms with van der Waals surface area (Å²) in [6, 6.07) is 20.5. The molecule has 6 nitrogen and oxygen atoms in total. The van der Waals surface area contributed by atoms with E-state index >= 15 is 0 Å². The first-order valence-electron chi connectivity index (χ1n) is 10.2. The van der Waals surface area contributed by atoms with Gasteiger partial charge in [-0.05, 0) is 73.0 Å². The monoisotopic (exact) mass is 417 g/mol. The number of hydrogen-bond donors (Lipinski definition) is 1. The van der Waals surface area contributed by atoms with E-state index in [2.05, 4.69) is 44.8 Å². The Labute approximate surface area is 180 Å². The van der Waals surface area contributed by atoms with Gasteiger partial charge in [0.2, 0.25) is 5.72 Å². The normalized spacial score (nSPS) is 18.6. The number of anilines is 1. The Kier molecular flexibility index (Phi) is 6.13. The van der Waals surface area contributed by atoms with Crippen LogP contribution in [0.2, 0.25) is 0 Å². The smallest absolute Gasteiger partial charge is 0.223 e. The first kappa shape index (κ1) is 20.8. The van der Waals surface area contributed by atoms with Crippen molar-refractivity contribution in [2.24, 2.45) is 15.4 Å². The molecule has 0 fully saturated rings. The maximum absolute atomic E-state index is 13.2. The first-order valence-corrected chi connectivity index (χ1v) is 10.2. The zero-order valence-electron chi connectivity index (χ0n) is 17.5. The van der Waals surface area contributed by atoms with Crippen molar-refractivity contribution in [3.8, 4) is 0 Å². The Morgan fingerprint density at radius 2 is 1.84 bits per heavy atom. The zero-order chi connectivity index (χ0) is 21.7. The average Bonchev–Trinajstić information content (AvgIpc) is 3.16. The summed E-state index contributed by atoms with van der Waals surface area (Å²) in [6.45, 7) is 4.34. The van der Waals surface area contributed by atoms with E-state index in [1.165, 1.54) is 17.7 Å². The second-order valence-corrected chi connectivity index (χ2v) is 7.55. The fraction of sp³-hybridized carbons (Fsp3) is 0.250. The van der Waals surface area contributed by atoms with Gasteiger partial charge >= 0.3 is 0 Å². The van der Waals surface area contributed by atoms with E-state index in [1.54, 1.807) is 18.3 Å². The first-order chi connectivity index (χ1) is 15.0. The summed E-state index contributed by atoms with van der Waals surface area (Å²) in [6.07, 6.45) is 2.47. The summed E-state index contributed by atoms with van der Waals surface area (Å²) in [5, 5.41) is 15.5. The zero-order valence-corrected chi connectivity index (χ0v) is 17.5. The van der Waals surface area contributed by atoms with Crippen molar-refractivity contribution in [3.63, 3.8) is 0 Å². The molecule has 1 aliphatic rings. The maximum Gasteiger partial charge on any atom is 0.223 e. The standard InChI is InChI=1S/C24H24FN5O/c1-17(19-6-4-3-5-7-19)27-22-16-18(12-14-26-22)13-15-31-24(2)23(28-30-29-24)20-8-10-21(25)11-9-20/h3-12,14,16-17H,13,15H2,1-2H3,(H,26,27)/t17?,24-/m0/s1. The van der Waals surface area contributed by atoms with E-state index in [4.69, 9.17) is 4.74 Å². The molecule has 7 heteroatoms. The lowest BCUT2D eigenvalue weighted by Gasteiger charge is -2.22. The van der Waals surface area contributed by atoms with E-state index in [-0.39, 0.29) is 11.9 Å². The number of aromatic nitrogens is 1. The topological polar surface area (TPSA) is 71.2 Å². The van der Waals surface area contributed by atoms with Crippen LogP contribution in [0.4, 0.5) is 10.2 Å². The van der Waals surface area contributed by atoms with Crippen molar-refractivity contribution in [2.45, 2.75) is 32.0 Å². The second-order valence-electron chi connectivity index (χ2n) is 7.55. The van der Waals surface area contributed by atoms with Crippen LogP contribution in [0.25, 0.3) is 0 Å². The van der Waals surface area contributed by atoms with E-state index in [1.807, 2.05) is 37.3 Å². The molecule has 31 heavy (non-hydrogen) atoms. The molecule has 0 amide bonds. The molecule has 0 spiro atoms. The Balaban J connectivity index is 1.36. The predicted octanol–water partition coefficient (Wildman–Crippen LogP) is 5.54. The molecule has 3 aromatic rings. The van der Waals surface area contributed by atoms with Crippen LogP contribution in [-0.4, -0.2) is 23.0 Å². The number of nitrogens with one attached hydrogen (secondary N) is 1. The molecule has 1 unspecified atom stereocenters. The van der Waals surface area contributed by atoms with Crippen molar-refractivity contribution < 1.29 is 9.13 Å². The third-order valence-corrected chi connectivity index (χ3v) is 5.20. The highest BCUT2D eigenvalue weighted by Gasteiger charge is 2.36. The van der Waals surface area contributed by atoms with Gasteiger partial charge in [0.1, 0.15) is 17.3 Å². The molecule has 0 bridgehead atoms. The number of rotatable bonds is 8.